The van der Waals surface area contributed by atoms with Gasteiger partial charge in [-0.1, -0.05) is 12.1 Å². The molecular formula is C13H21N5O. The number of piperazine rings is 1. The number of hydrogen-bond acceptors (Lipinski definition) is 4. The van der Waals surface area contributed by atoms with Crippen molar-refractivity contribution < 1.29 is 4.74 Å². The molecular weight excluding hydrogens is 242 g/mol. The van der Waals surface area contributed by atoms with E-state index >= 15 is 0 Å². The van der Waals surface area contributed by atoms with Crippen molar-refractivity contribution in [2.75, 3.05) is 33.3 Å². The van der Waals surface area contributed by atoms with E-state index in [0.29, 0.717) is 12.5 Å². The molecule has 1 fully saturated rings. The van der Waals surface area contributed by atoms with Gasteiger partial charge in [-0.15, -0.1) is 0 Å². The molecule has 6 nitrogen and oxygen atoms in total. The smallest absolute Gasteiger partial charge is 0.208 e. The predicted molar refractivity (Wildman–Crippen MR) is 74.9 cm³/mol. The number of ether oxygens (including phenoxy) is 1. The fourth-order valence-corrected chi connectivity index (χ4v) is 2.06. The number of benzene rings is 1. The minimum absolute atomic E-state index is 0.373. The zero-order valence-corrected chi connectivity index (χ0v) is 11.2. The molecule has 1 aromatic carbocycles. The van der Waals surface area contributed by atoms with Gasteiger partial charge in [-0.25, -0.2) is 5.84 Å². The van der Waals surface area contributed by atoms with Gasteiger partial charge >= 0.3 is 0 Å². The van der Waals surface area contributed by atoms with E-state index in [0.717, 1.165) is 37.5 Å². The molecule has 0 unspecified atom stereocenters. The lowest BCUT2D eigenvalue weighted by Gasteiger charge is -2.33. The van der Waals surface area contributed by atoms with Crippen LogP contribution in [-0.4, -0.2) is 49.2 Å². The summed E-state index contributed by atoms with van der Waals surface area (Å²) in [4.78, 5) is 1.99. The third kappa shape index (κ3) is 3.59. The predicted octanol–water partition coefficient (Wildman–Crippen LogP) is 0.211. The van der Waals surface area contributed by atoms with E-state index in [4.69, 9.17) is 16.0 Å². The van der Waals surface area contributed by atoms with Crippen LogP contribution in [0.4, 0.5) is 0 Å². The van der Waals surface area contributed by atoms with Crippen LogP contribution in [0.3, 0.4) is 0 Å². The van der Waals surface area contributed by atoms with E-state index in [9.17, 15) is 0 Å². The Hall–Kier alpha value is -1.79. The average Bonchev–Trinajstić information content (AvgIpc) is 2.48. The minimum atomic E-state index is 0.373. The van der Waals surface area contributed by atoms with Gasteiger partial charge in [-0.05, 0) is 17.7 Å². The molecule has 1 aliphatic rings. The minimum Gasteiger partial charge on any atom is -0.497 e. The van der Waals surface area contributed by atoms with Crippen LogP contribution in [-0.2, 0) is 6.54 Å². The molecule has 0 saturated carbocycles. The zero-order valence-electron chi connectivity index (χ0n) is 11.2. The van der Waals surface area contributed by atoms with Gasteiger partial charge < -0.3 is 15.0 Å². The second-order valence-electron chi connectivity index (χ2n) is 4.54. The van der Waals surface area contributed by atoms with Crippen LogP contribution in [0.15, 0.2) is 24.3 Å². The van der Waals surface area contributed by atoms with E-state index < -0.39 is 0 Å². The van der Waals surface area contributed by atoms with Crippen LogP contribution in [0.1, 0.15) is 5.56 Å². The molecule has 1 heterocycles. The van der Waals surface area contributed by atoms with E-state index in [1.165, 1.54) is 5.01 Å². The molecule has 4 N–H and O–H groups in total. The van der Waals surface area contributed by atoms with Gasteiger partial charge in [0.2, 0.25) is 5.96 Å². The first-order valence-electron chi connectivity index (χ1n) is 6.40. The van der Waals surface area contributed by atoms with Crippen molar-refractivity contribution in [1.82, 2.24) is 15.2 Å². The van der Waals surface area contributed by atoms with Gasteiger partial charge in [0.1, 0.15) is 5.75 Å². The second kappa shape index (κ2) is 6.40. The highest BCUT2D eigenvalue weighted by molar-refractivity contribution is 5.76. The van der Waals surface area contributed by atoms with E-state index in [2.05, 4.69) is 5.32 Å². The molecule has 6 heteroatoms. The Balaban J connectivity index is 1.91. The van der Waals surface area contributed by atoms with Crippen LogP contribution in [0.2, 0.25) is 0 Å². The van der Waals surface area contributed by atoms with Gasteiger partial charge in [-0.2, -0.15) is 0 Å². The largest absolute Gasteiger partial charge is 0.497 e. The van der Waals surface area contributed by atoms with Crippen molar-refractivity contribution >= 4 is 5.96 Å². The maximum absolute atomic E-state index is 8.09. The molecule has 104 valence electrons. The van der Waals surface area contributed by atoms with Crippen molar-refractivity contribution in [1.29, 1.82) is 5.41 Å². The lowest BCUT2D eigenvalue weighted by Crippen LogP contribution is -2.53. The Bertz CT molecular complexity index is 414. The highest BCUT2D eigenvalue weighted by atomic mass is 16.5. The molecule has 0 aromatic heterocycles. The Morgan fingerprint density at radius 1 is 1.37 bits per heavy atom. The highest BCUT2D eigenvalue weighted by Crippen LogP contribution is 2.12. The van der Waals surface area contributed by atoms with Gasteiger partial charge in [0.05, 0.1) is 13.7 Å². The number of hydrazine groups is 1. The maximum Gasteiger partial charge on any atom is 0.208 e. The molecule has 2 rings (SSSR count). The number of guanidine groups is 1. The summed E-state index contributed by atoms with van der Waals surface area (Å²) >= 11 is 0. The van der Waals surface area contributed by atoms with Crippen molar-refractivity contribution in [2.45, 2.75) is 6.54 Å². The van der Waals surface area contributed by atoms with Crippen LogP contribution in [0.25, 0.3) is 0 Å². The quantitative estimate of drug-likeness (QED) is 0.314. The number of nitrogens with one attached hydrogen (secondary N) is 2. The summed E-state index contributed by atoms with van der Waals surface area (Å²) in [5.74, 6) is 7.16. The van der Waals surface area contributed by atoms with Crippen molar-refractivity contribution in [3.05, 3.63) is 29.8 Å². The number of nitrogens with zero attached hydrogens (tertiary/aromatic N) is 2. The van der Waals surface area contributed by atoms with Gasteiger partial charge in [-0.3, -0.25) is 10.4 Å². The van der Waals surface area contributed by atoms with E-state index in [1.54, 1.807) is 7.11 Å². The van der Waals surface area contributed by atoms with Crippen molar-refractivity contribution in [2.24, 2.45) is 5.84 Å². The number of rotatable bonds is 3. The number of methoxy groups -OCH3 is 1. The summed E-state index contributed by atoms with van der Waals surface area (Å²) in [6.45, 7) is 3.98. The van der Waals surface area contributed by atoms with Gasteiger partial charge in [0.15, 0.2) is 0 Å². The summed E-state index contributed by atoms with van der Waals surface area (Å²) in [5.41, 5.74) is 1.06. The van der Waals surface area contributed by atoms with E-state index in [1.807, 2.05) is 29.2 Å². The summed E-state index contributed by atoms with van der Waals surface area (Å²) < 4.78 is 5.11. The molecule has 0 radical (unpaired) electrons. The summed E-state index contributed by atoms with van der Waals surface area (Å²) in [6.07, 6.45) is 0. The standard InChI is InChI=1S/C13H21N5O/c1-19-12-4-2-11(3-5-12)10-18(15)13(14)17-8-6-16-7-9-17/h2-5,14,16H,6-10,15H2,1H3. The monoisotopic (exact) mass is 263 g/mol. The first-order valence-corrected chi connectivity index (χ1v) is 6.40. The van der Waals surface area contributed by atoms with Crippen LogP contribution >= 0.6 is 0 Å². The SMILES string of the molecule is COc1ccc(CN(N)C(=N)N2CCNCC2)cc1. The number of hydrogen-bond donors (Lipinski definition) is 3. The van der Waals surface area contributed by atoms with Crippen LogP contribution in [0.5, 0.6) is 5.75 Å². The molecule has 0 bridgehead atoms. The first-order chi connectivity index (χ1) is 9.20. The van der Waals surface area contributed by atoms with Crippen molar-refractivity contribution in [3.63, 3.8) is 0 Å². The lowest BCUT2D eigenvalue weighted by atomic mass is 10.2. The zero-order chi connectivity index (χ0) is 13.7. The molecule has 1 aliphatic heterocycles. The first kappa shape index (κ1) is 13.6. The summed E-state index contributed by atoms with van der Waals surface area (Å²) in [6, 6.07) is 7.72. The molecule has 0 atom stereocenters. The second-order valence-corrected chi connectivity index (χ2v) is 4.54. The van der Waals surface area contributed by atoms with Crippen molar-refractivity contribution in [3.8, 4) is 5.75 Å². The molecule has 1 saturated heterocycles. The third-order valence-corrected chi connectivity index (χ3v) is 3.20. The topological polar surface area (TPSA) is 77.6 Å². The molecule has 1 aromatic rings. The summed E-state index contributed by atoms with van der Waals surface area (Å²) in [7, 11) is 1.64. The molecule has 19 heavy (non-hydrogen) atoms. The lowest BCUT2D eigenvalue weighted by molar-refractivity contribution is 0.286. The normalized spacial score (nSPS) is 15.2. The molecule has 0 amide bonds. The maximum atomic E-state index is 8.09. The fraction of sp³-hybridized carbons (Fsp3) is 0.462. The van der Waals surface area contributed by atoms with Crippen LogP contribution in [0, 0.1) is 5.41 Å². The van der Waals surface area contributed by atoms with Crippen LogP contribution < -0.4 is 15.9 Å². The Labute approximate surface area is 113 Å². The average molecular weight is 263 g/mol. The molecule has 0 spiro atoms. The highest BCUT2D eigenvalue weighted by Gasteiger charge is 2.16. The summed E-state index contributed by atoms with van der Waals surface area (Å²) in [5, 5.41) is 12.8. The Kier molecular flexibility index (Phi) is 4.59. The molecule has 0 aliphatic carbocycles. The fourth-order valence-electron chi connectivity index (χ4n) is 2.06. The van der Waals surface area contributed by atoms with E-state index in [-0.39, 0.29) is 0 Å². The Morgan fingerprint density at radius 2 is 2.00 bits per heavy atom. The van der Waals surface area contributed by atoms with Gasteiger partial charge in [0, 0.05) is 26.2 Å². The Morgan fingerprint density at radius 3 is 2.58 bits per heavy atom. The number of nitrogens with two attached hydrogens (primary N) is 1. The third-order valence-electron chi connectivity index (χ3n) is 3.20. The van der Waals surface area contributed by atoms with Gasteiger partial charge in [0.25, 0.3) is 0 Å².